The Labute approximate surface area is 202 Å². The molecule has 0 aliphatic rings. The first-order valence-corrected chi connectivity index (χ1v) is 13.1. The summed E-state index contributed by atoms with van der Waals surface area (Å²) >= 11 is 0. The molecule has 2 aromatic rings. The van der Waals surface area contributed by atoms with E-state index in [1.807, 2.05) is 20.8 Å². The van der Waals surface area contributed by atoms with Gasteiger partial charge in [0.1, 0.15) is 18.4 Å². The van der Waals surface area contributed by atoms with Crippen LogP contribution in [0.1, 0.15) is 38.3 Å². The van der Waals surface area contributed by atoms with Gasteiger partial charge in [0.05, 0.1) is 11.9 Å². The molecule has 2 aromatic carbocycles. The zero-order valence-electron chi connectivity index (χ0n) is 20.4. The quantitative estimate of drug-likeness (QED) is 0.521. The lowest BCUT2D eigenvalue weighted by atomic mass is 10.1. The van der Waals surface area contributed by atoms with Gasteiger partial charge in [0.2, 0.25) is 21.8 Å². The van der Waals surface area contributed by atoms with Gasteiger partial charge in [-0.25, -0.2) is 12.8 Å². The van der Waals surface area contributed by atoms with Crippen LogP contribution in [0.2, 0.25) is 0 Å². The first-order chi connectivity index (χ1) is 15.9. The minimum Gasteiger partial charge on any atom is -0.354 e. The number of anilines is 1. The van der Waals surface area contributed by atoms with Crippen molar-refractivity contribution in [2.24, 2.45) is 5.92 Å². The highest BCUT2D eigenvalue weighted by atomic mass is 32.2. The summed E-state index contributed by atoms with van der Waals surface area (Å²) in [5.74, 6) is -1.02. The van der Waals surface area contributed by atoms with Crippen LogP contribution in [0, 0.1) is 18.7 Å². The van der Waals surface area contributed by atoms with E-state index in [0.29, 0.717) is 24.2 Å². The average molecular weight is 492 g/mol. The standard InChI is InChI=1S/C25H34FN3O4S/c1-6-23(25(31)27-15-18(2)3)28(16-20-9-11-21(26)12-10-20)24(30)17-29(34(5,32)33)22-13-7-19(4)8-14-22/h7-14,18,23H,6,15-17H2,1-5H3,(H,27,31)/t23-/m0/s1. The van der Waals surface area contributed by atoms with E-state index in [-0.39, 0.29) is 18.4 Å². The van der Waals surface area contributed by atoms with Gasteiger partial charge in [-0.05, 0) is 49.1 Å². The van der Waals surface area contributed by atoms with Crippen molar-refractivity contribution in [3.05, 3.63) is 65.5 Å². The summed E-state index contributed by atoms with van der Waals surface area (Å²) in [6.07, 6.45) is 1.37. The summed E-state index contributed by atoms with van der Waals surface area (Å²) in [4.78, 5) is 27.9. The molecule has 0 unspecified atom stereocenters. The Morgan fingerprint density at radius 3 is 2.12 bits per heavy atom. The Morgan fingerprint density at radius 2 is 1.62 bits per heavy atom. The molecule has 0 bridgehead atoms. The number of carbonyl (C=O) groups excluding carboxylic acids is 2. The molecule has 0 aliphatic carbocycles. The molecule has 0 heterocycles. The summed E-state index contributed by atoms with van der Waals surface area (Å²) in [5.41, 5.74) is 1.95. The fourth-order valence-corrected chi connectivity index (χ4v) is 4.30. The number of benzene rings is 2. The number of aryl methyl sites for hydroxylation is 1. The number of sulfonamides is 1. The molecule has 0 saturated heterocycles. The van der Waals surface area contributed by atoms with E-state index in [2.05, 4.69) is 5.32 Å². The van der Waals surface area contributed by atoms with Crippen molar-refractivity contribution < 1.29 is 22.4 Å². The van der Waals surface area contributed by atoms with E-state index in [9.17, 15) is 22.4 Å². The minimum atomic E-state index is -3.78. The van der Waals surface area contributed by atoms with Crippen LogP contribution in [0.4, 0.5) is 10.1 Å². The molecule has 7 nitrogen and oxygen atoms in total. The van der Waals surface area contributed by atoms with Crippen molar-refractivity contribution in [3.63, 3.8) is 0 Å². The Morgan fingerprint density at radius 1 is 1.03 bits per heavy atom. The van der Waals surface area contributed by atoms with Gasteiger partial charge in [0.25, 0.3) is 0 Å². The number of halogens is 1. The molecule has 0 radical (unpaired) electrons. The van der Waals surface area contributed by atoms with E-state index in [1.54, 1.807) is 43.3 Å². The maximum atomic E-state index is 13.5. The summed E-state index contributed by atoms with van der Waals surface area (Å²) in [7, 11) is -3.78. The summed E-state index contributed by atoms with van der Waals surface area (Å²) in [5, 5.41) is 2.86. The van der Waals surface area contributed by atoms with Crippen molar-refractivity contribution >= 4 is 27.5 Å². The fourth-order valence-electron chi connectivity index (χ4n) is 3.45. The largest absolute Gasteiger partial charge is 0.354 e. The van der Waals surface area contributed by atoms with Gasteiger partial charge in [-0.15, -0.1) is 0 Å². The second-order valence-corrected chi connectivity index (χ2v) is 10.7. The number of carbonyl (C=O) groups is 2. The predicted octanol–water partition coefficient (Wildman–Crippen LogP) is 3.48. The lowest BCUT2D eigenvalue weighted by Crippen LogP contribution is -2.52. The van der Waals surface area contributed by atoms with Gasteiger partial charge in [0.15, 0.2) is 0 Å². The van der Waals surface area contributed by atoms with Crippen LogP contribution in [-0.4, -0.2) is 50.5 Å². The molecule has 34 heavy (non-hydrogen) atoms. The fraction of sp³-hybridized carbons (Fsp3) is 0.440. The van der Waals surface area contributed by atoms with Gasteiger partial charge in [-0.2, -0.15) is 0 Å². The van der Waals surface area contributed by atoms with Crippen molar-refractivity contribution in [2.75, 3.05) is 23.7 Å². The van der Waals surface area contributed by atoms with Gasteiger partial charge >= 0.3 is 0 Å². The monoisotopic (exact) mass is 491 g/mol. The zero-order valence-corrected chi connectivity index (χ0v) is 21.2. The van der Waals surface area contributed by atoms with Crippen LogP contribution in [0.15, 0.2) is 48.5 Å². The van der Waals surface area contributed by atoms with Crippen LogP contribution in [-0.2, 0) is 26.2 Å². The second-order valence-electron chi connectivity index (χ2n) is 8.82. The van der Waals surface area contributed by atoms with Crippen LogP contribution in [0.25, 0.3) is 0 Å². The third-order valence-electron chi connectivity index (χ3n) is 5.34. The zero-order chi connectivity index (χ0) is 25.5. The maximum Gasteiger partial charge on any atom is 0.244 e. The molecule has 1 atom stereocenters. The molecule has 0 saturated carbocycles. The van der Waals surface area contributed by atoms with Crippen molar-refractivity contribution in [2.45, 2.75) is 46.7 Å². The van der Waals surface area contributed by atoms with Gasteiger partial charge in [-0.1, -0.05) is 50.6 Å². The SMILES string of the molecule is CC[C@@H](C(=O)NCC(C)C)N(Cc1ccc(F)cc1)C(=O)CN(c1ccc(C)cc1)S(C)(=O)=O. The number of hydrogen-bond donors (Lipinski definition) is 1. The smallest absolute Gasteiger partial charge is 0.244 e. The Balaban J connectivity index is 2.39. The number of hydrogen-bond acceptors (Lipinski definition) is 4. The number of amides is 2. The highest BCUT2D eigenvalue weighted by Gasteiger charge is 2.31. The topological polar surface area (TPSA) is 86.8 Å². The third-order valence-corrected chi connectivity index (χ3v) is 6.48. The molecule has 2 rings (SSSR count). The molecule has 2 amide bonds. The van der Waals surface area contributed by atoms with E-state index >= 15 is 0 Å². The van der Waals surface area contributed by atoms with Gasteiger partial charge < -0.3 is 10.2 Å². The second kappa shape index (κ2) is 12.0. The van der Waals surface area contributed by atoms with Crippen LogP contribution in [0.3, 0.4) is 0 Å². The summed E-state index contributed by atoms with van der Waals surface area (Å²) < 4.78 is 39.6. The lowest BCUT2D eigenvalue weighted by molar-refractivity contribution is -0.140. The van der Waals surface area contributed by atoms with E-state index < -0.39 is 34.3 Å². The predicted molar refractivity (Wildman–Crippen MR) is 132 cm³/mol. The average Bonchev–Trinajstić information content (AvgIpc) is 2.77. The molecule has 0 aliphatic heterocycles. The molecule has 9 heteroatoms. The first kappa shape index (κ1) is 27.3. The highest BCUT2D eigenvalue weighted by Crippen LogP contribution is 2.20. The summed E-state index contributed by atoms with van der Waals surface area (Å²) in [6, 6.07) is 11.7. The van der Waals surface area contributed by atoms with Crippen molar-refractivity contribution in [1.82, 2.24) is 10.2 Å². The first-order valence-electron chi connectivity index (χ1n) is 11.3. The maximum absolute atomic E-state index is 13.5. The molecule has 186 valence electrons. The van der Waals surface area contributed by atoms with E-state index in [0.717, 1.165) is 16.1 Å². The van der Waals surface area contributed by atoms with Gasteiger partial charge in [-0.3, -0.25) is 13.9 Å². The Kier molecular flexibility index (Phi) is 9.61. The lowest BCUT2D eigenvalue weighted by Gasteiger charge is -2.33. The molecule has 0 aromatic heterocycles. The summed E-state index contributed by atoms with van der Waals surface area (Å²) in [6.45, 7) is 7.63. The molecule has 0 spiro atoms. The van der Waals surface area contributed by atoms with Crippen molar-refractivity contribution in [3.8, 4) is 0 Å². The molecular formula is C25H34FN3O4S. The molecular weight excluding hydrogens is 457 g/mol. The Hall–Kier alpha value is -2.94. The van der Waals surface area contributed by atoms with Crippen molar-refractivity contribution in [1.29, 1.82) is 0 Å². The number of nitrogens with zero attached hydrogens (tertiary/aromatic N) is 2. The van der Waals surface area contributed by atoms with Gasteiger partial charge in [0, 0.05) is 13.1 Å². The van der Waals surface area contributed by atoms with E-state index in [1.165, 1.54) is 17.0 Å². The molecule has 0 fully saturated rings. The number of rotatable bonds is 11. The minimum absolute atomic E-state index is 0.0399. The van der Waals surface area contributed by atoms with E-state index in [4.69, 9.17) is 0 Å². The van der Waals surface area contributed by atoms with Crippen LogP contribution >= 0.6 is 0 Å². The number of nitrogens with one attached hydrogen (secondary N) is 1. The molecule has 1 N–H and O–H groups in total. The third kappa shape index (κ3) is 7.83. The highest BCUT2D eigenvalue weighted by molar-refractivity contribution is 7.92. The normalized spacial score (nSPS) is 12.3. The Bertz CT molecular complexity index is 1070. The van der Waals surface area contributed by atoms with Crippen LogP contribution < -0.4 is 9.62 Å². The van der Waals surface area contributed by atoms with Crippen LogP contribution in [0.5, 0.6) is 0 Å².